The number of rotatable bonds is 3. The fourth-order valence-electron chi connectivity index (χ4n) is 4.84. The van der Waals surface area contributed by atoms with Crippen LogP contribution in [0.25, 0.3) is 11.3 Å². The third-order valence-corrected chi connectivity index (χ3v) is 8.31. The smallest absolute Gasteiger partial charge is 0.310 e. The third kappa shape index (κ3) is 2.66. The van der Waals surface area contributed by atoms with Crippen molar-refractivity contribution in [2.45, 2.75) is 24.3 Å². The average Bonchev–Trinajstić information content (AvgIpc) is 3.33. The molecule has 0 spiro atoms. The summed E-state index contributed by atoms with van der Waals surface area (Å²) in [5.74, 6) is -0.740. The van der Waals surface area contributed by atoms with E-state index in [2.05, 4.69) is 26.2 Å². The predicted molar refractivity (Wildman–Crippen MR) is 107 cm³/mol. The molecule has 1 aliphatic heterocycles. The first-order valence-corrected chi connectivity index (χ1v) is 10.9. The van der Waals surface area contributed by atoms with Gasteiger partial charge >= 0.3 is 5.97 Å². The van der Waals surface area contributed by atoms with Crippen molar-refractivity contribution in [1.29, 1.82) is 0 Å². The van der Waals surface area contributed by atoms with Gasteiger partial charge in [-0.3, -0.25) is 9.59 Å². The number of ether oxygens (including phenoxy) is 1. The highest BCUT2D eigenvalue weighted by Crippen LogP contribution is 2.60. The van der Waals surface area contributed by atoms with Crippen molar-refractivity contribution in [3.63, 3.8) is 0 Å². The second kappa shape index (κ2) is 6.29. The van der Waals surface area contributed by atoms with Gasteiger partial charge in [-0.15, -0.1) is 11.3 Å². The lowest BCUT2D eigenvalue weighted by Crippen LogP contribution is -2.40. The Morgan fingerprint density at radius 2 is 2.07 bits per heavy atom. The summed E-state index contributed by atoms with van der Waals surface area (Å²) in [5, 5.41) is 4.17. The molecule has 1 aromatic heterocycles. The normalized spacial score (nSPS) is 33.4. The first-order valence-electron chi connectivity index (χ1n) is 8.83. The van der Waals surface area contributed by atoms with E-state index in [4.69, 9.17) is 16.3 Å². The van der Waals surface area contributed by atoms with Crippen LogP contribution in [-0.2, 0) is 14.3 Å². The molecule has 3 aliphatic rings. The molecule has 2 heterocycles. The monoisotopic (exact) mass is 466 g/mol. The highest BCUT2D eigenvalue weighted by atomic mass is 79.9. The average molecular weight is 468 g/mol. The molecule has 2 saturated carbocycles. The van der Waals surface area contributed by atoms with E-state index in [1.807, 2.05) is 31.2 Å². The van der Waals surface area contributed by atoms with Crippen LogP contribution < -0.4 is 5.32 Å². The van der Waals surface area contributed by atoms with Crippen LogP contribution >= 0.6 is 38.9 Å². The number of carbonyl (C=O) groups is 2. The second-order valence-electron chi connectivity index (χ2n) is 7.38. The lowest BCUT2D eigenvalue weighted by Gasteiger charge is -2.27. The van der Waals surface area contributed by atoms with Crippen molar-refractivity contribution >= 4 is 55.9 Å². The molecule has 2 bridgehead atoms. The van der Waals surface area contributed by atoms with E-state index in [1.165, 1.54) is 11.3 Å². The van der Waals surface area contributed by atoms with Crippen LogP contribution in [0.2, 0.25) is 5.02 Å². The molecule has 2 aromatic rings. The Hall–Kier alpha value is -1.44. The number of benzene rings is 1. The number of esters is 1. The van der Waals surface area contributed by atoms with Crippen molar-refractivity contribution in [2.24, 2.45) is 23.7 Å². The van der Waals surface area contributed by atoms with Crippen molar-refractivity contribution < 1.29 is 14.3 Å². The zero-order valence-electron chi connectivity index (χ0n) is 14.3. The van der Waals surface area contributed by atoms with Gasteiger partial charge in [0.1, 0.15) is 6.10 Å². The number of halogens is 2. The molecule has 1 saturated heterocycles. The van der Waals surface area contributed by atoms with Crippen LogP contribution in [0.15, 0.2) is 24.3 Å². The Bertz CT molecular complexity index is 947. The van der Waals surface area contributed by atoms with Crippen LogP contribution in [0.4, 0.5) is 5.13 Å². The summed E-state index contributed by atoms with van der Waals surface area (Å²) in [4.78, 5) is 30.9. The quantitative estimate of drug-likeness (QED) is 0.540. The lowest BCUT2D eigenvalue weighted by molar-refractivity contribution is -0.145. The van der Waals surface area contributed by atoms with E-state index >= 15 is 0 Å². The van der Waals surface area contributed by atoms with Crippen molar-refractivity contribution in [3.8, 4) is 11.3 Å². The Kier molecular flexibility index (Phi) is 4.11. The van der Waals surface area contributed by atoms with Crippen LogP contribution in [0.1, 0.15) is 11.3 Å². The van der Waals surface area contributed by atoms with E-state index in [1.54, 1.807) is 0 Å². The summed E-state index contributed by atoms with van der Waals surface area (Å²) in [5.41, 5.74) is 1.79. The van der Waals surface area contributed by atoms with Crippen molar-refractivity contribution in [2.75, 3.05) is 5.32 Å². The first-order chi connectivity index (χ1) is 12.9. The summed E-state index contributed by atoms with van der Waals surface area (Å²) in [7, 11) is 0. The second-order valence-corrected chi connectivity index (χ2v) is 10.1. The largest absolute Gasteiger partial charge is 0.461 e. The predicted octanol–water partition coefficient (Wildman–Crippen LogP) is 4.28. The fraction of sp³-hybridized carbons (Fsp3) is 0.421. The summed E-state index contributed by atoms with van der Waals surface area (Å²) < 4.78 is 5.48. The molecule has 0 radical (unpaired) electrons. The van der Waals surface area contributed by atoms with Gasteiger partial charge in [0, 0.05) is 21.4 Å². The van der Waals surface area contributed by atoms with Crippen LogP contribution in [-0.4, -0.2) is 27.8 Å². The summed E-state index contributed by atoms with van der Waals surface area (Å²) in [6, 6.07) is 7.47. The number of nitrogens with one attached hydrogen (secondary N) is 1. The maximum atomic E-state index is 13.0. The molecule has 1 aromatic carbocycles. The van der Waals surface area contributed by atoms with E-state index in [-0.39, 0.29) is 46.5 Å². The highest BCUT2D eigenvalue weighted by molar-refractivity contribution is 9.09. The van der Waals surface area contributed by atoms with Gasteiger partial charge in [0.05, 0.1) is 22.4 Å². The van der Waals surface area contributed by atoms with Gasteiger partial charge in [-0.25, -0.2) is 4.98 Å². The van der Waals surface area contributed by atoms with Gasteiger partial charge in [0.25, 0.3) is 0 Å². The van der Waals surface area contributed by atoms with Gasteiger partial charge in [-0.1, -0.05) is 39.7 Å². The molecule has 6 atom stereocenters. The topological polar surface area (TPSA) is 68.3 Å². The molecule has 8 heteroatoms. The van der Waals surface area contributed by atoms with E-state index in [9.17, 15) is 9.59 Å². The fourth-order valence-corrected chi connectivity index (χ4v) is 6.85. The van der Waals surface area contributed by atoms with Crippen molar-refractivity contribution in [3.05, 3.63) is 34.2 Å². The molecule has 27 heavy (non-hydrogen) atoms. The van der Waals surface area contributed by atoms with Gasteiger partial charge in [-0.2, -0.15) is 0 Å². The number of fused-ring (bicyclic) bond motifs is 1. The van der Waals surface area contributed by atoms with E-state index in [0.717, 1.165) is 22.6 Å². The number of aromatic nitrogens is 1. The standard InChI is InChI=1S/C19H16BrClN2O3S/c1-7-15(8-2-4-9(21)5-3-8)22-19(27-7)23-17(24)12-10-6-11-13(12)18(25)26-16(11)14(10)20/h2-5,10-14,16H,6H2,1H3,(H,22,23,24)/t10-,11-,12-,13+,14-,16+/m1/s1. The maximum absolute atomic E-state index is 13.0. The molecule has 3 fully saturated rings. The van der Waals surface area contributed by atoms with Gasteiger partial charge in [0.15, 0.2) is 5.13 Å². The molecule has 5 nitrogen and oxygen atoms in total. The van der Waals surface area contributed by atoms with Crippen LogP contribution in [0, 0.1) is 30.6 Å². The summed E-state index contributed by atoms with van der Waals surface area (Å²) in [6.45, 7) is 1.97. The molecule has 1 amide bonds. The third-order valence-electron chi connectivity index (χ3n) is 5.97. The number of hydrogen-bond acceptors (Lipinski definition) is 5. The number of nitrogens with zero attached hydrogens (tertiary/aromatic N) is 1. The summed E-state index contributed by atoms with van der Waals surface area (Å²) >= 11 is 11.0. The Balaban J connectivity index is 1.38. The Morgan fingerprint density at radius 1 is 1.33 bits per heavy atom. The number of carbonyl (C=O) groups excluding carboxylic acids is 2. The Morgan fingerprint density at radius 3 is 2.81 bits per heavy atom. The molecule has 5 rings (SSSR count). The minimum atomic E-state index is -0.353. The van der Waals surface area contributed by atoms with Crippen LogP contribution in [0.3, 0.4) is 0 Å². The minimum Gasteiger partial charge on any atom is -0.461 e. The number of amides is 1. The molecular weight excluding hydrogens is 452 g/mol. The molecular formula is C19H16BrClN2O3S. The molecule has 140 valence electrons. The number of aryl methyl sites for hydroxylation is 1. The highest BCUT2D eigenvalue weighted by Gasteiger charge is 2.67. The number of alkyl halides is 1. The van der Waals surface area contributed by atoms with E-state index in [0.29, 0.717) is 10.2 Å². The Labute approximate surface area is 173 Å². The maximum Gasteiger partial charge on any atom is 0.310 e. The summed E-state index contributed by atoms with van der Waals surface area (Å²) in [6.07, 6.45) is 0.789. The molecule has 2 aliphatic carbocycles. The SMILES string of the molecule is Cc1sc(NC(=O)[C@@H]2[C@H]3C[C@H]4[C@H](OC(=O)[C@@H]42)[C@@H]3Br)nc1-c1ccc(Cl)cc1. The molecule has 0 unspecified atom stereocenters. The van der Waals surface area contributed by atoms with Gasteiger partial charge in [-0.05, 0) is 31.4 Å². The van der Waals surface area contributed by atoms with E-state index < -0.39 is 0 Å². The first kappa shape index (κ1) is 17.6. The van der Waals surface area contributed by atoms with Gasteiger partial charge in [0.2, 0.25) is 5.91 Å². The van der Waals surface area contributed by atoms with Crippen LogP contribution in [0.5, 0.6) is 0 Å². The zero-order valence-corrected chi connectivity index (χ0v) is 17.5. The zero-order chi connectivity index (χ0) is 18.9. The minimum absolute atomic E-state index is 0.0589. The number of anilines is 1. The number of hydrogen-bond donors (Lipinski definition) is 1. The number of thiazole rings is 1. The molecule has 1 N–H and O–H groups in total. The lowest BCUT2D eigenvalue weighted by atomic mass is 9.79. The van der Waals surface area contributed by atoms with Gasteiger partial charge < -0.3 is 10.1 Å². The van der Waals surface area contributed by atoms with Crippen molar-refractivity contribution in [1.82, 2.24) is 4.98 Å².